The Morgan fingerprint density at radius 1 is 1.24 bits per heavy atom. The molecule has 134 valence electrons. The number of morpholine rings is 1. The second-order valence-electron chi connectivity index (χ2n) is 5.44. The van der Waals surface area contributed by atoms with Gasteiger partial charge in [0.05, 0.1) is 18.8 Å². The Balaban J connectivity index is 1.61. The summed E-state index contributed by atoms with van der Waals surface area (Å²) in [6.45, 7) is 1.90. The number of nitrogens with zero attached hydrogens (tertiary/aromatic N) is 3. The van der Waals surface area contributed by atoms with Crippen LogP contribution in [0.15, 0.2) is 36.5 Å². The van der Waals surface area contributed by atoms with Crippen LogP contribution in [-0.2, 0) is 17.6 Å². The first-order chi connectivity index (χ1) is 11.9. The molecule has 0 N–H and O–H groups in total. The van der Waals surface area contributed by atoms with Crippen LogP contribution in [0.2, 0.25) is 0 Å². The van der Waals surface area contributed by atoms with Crippen molar-refractivity contribution in [3.63, 3.8) is 0 Å². The van der Waals surface area contributed by atoms with Crippen molar-refractivity contribution in [1.29, 1.82) is 0 Å². The number of carbonyl (C=O) groups is 1. The SMILES string of the molecule is O=C(c1ccn(COc2cccc(C(F)(F)F)c2)n1)N1CCOCC1. The number of aromatic nitrogens is 2. The van der Waals surface area contributed by atoms with Crippen molar-refractivity contribution < 1.29 is 27.4 Å². The number of rotatable bonds is 4. The van der Waals surface area contributed by atoms with Gasteiger partial charge in [0, 0.05) is 19.3 Å². The fourth-order valence-electron chi connectivity index (χ4n) is 2.38. The maximum atomic E-state index is 12.7. The first-order valence-electron chi connectivity index (χ1n) is 7.64. The van der Waals surface area contributed by atoms with E-state index in [2.05, 4.69) is 5.10 Å². The summed E-state index contributed by atoms with van der Waals surface area (Å²) in [4.78, 5) is 13.9. The fourth-order valence-corrected chi connectivity index (χ4v) is 2.38. The molecular weight excluding hydrogens is 339 g/mol. The van der Waals surface area contributed by atoms with Gasteiger partial charge in [0.2, 0.25) is 0 Å². The van der Waals surface area contributed by atoms with Gasteiger partial charge < -0.3 is 14.4 Å². The van der Waals surface area contributed by atoms with Gasteiger partial charge in [-0.15, -0.1) is 0 Å². The molecule has 9 heteroatoms. The standard InChI is InChI=1S/C16H16F3N3O3/c17-16(18,19)12-2-1-3-13(10-12)25-11-22-5-4-14(20-22)15(23)21-6-8-24-9-7-21/h1-5,10H,6-9,11H2. The zero-order valence-corrected chi connectivity index (χ0v) is 13.2. The monoisotopic (exact) mass is 355 g/mol. The van der Waals surface area contributed by atoms with E-state index in [-0.39, 0.29) is 24.1 Å². The highest BCUT2D eigenvalue weighted by Gasteiger charge is 2.30. The topological polar surface area (TPSA) is 56.6 Å². The van der Waals surface area contributed by atoms with Crippen molar-refractivity contribution in [3.8, 4) is 5.75 Å². The number of halogens is 3. The summed E-state index contributed by atoms with van der Waals surface area (Å²) < 4.78 is 49.9. The third-order valence-electron chi connectivity index (χ3n) is 3.68. The highest BCUT2D eigenvalue weighted by molar-refractivity contribution is 5.92. The Morgan fingerprint density at radius 2 is 2.00 bits per heavy atom. The molecule has 1 aromatic heterocycles. The van der Waals surface area contributed by atoms with Crippen molar-refractivity contribution in [1.82, 2.24) is 14.7 Å². The maximum absolute atomic E-state index is 12.7. The summed E-state index contributed by atoms with van der Waals surface area (Å²) in [5.74, 6) is -0.132. The molecule has 0 spiro atoms. The number of hydrogen-bond acceptors (Lipinski definition) is 4. The molecule has 1 fully saturated rings. The summed E-state index contributed by atoms with van der Waals surface area (Å²) >= 11 is 0. The maximum Gasteiger partial charge on any atom is 0.416 e. The van der Waals surface area contributed by atoms with Gasteiger partial charge in [-0.05, 0) is 24.3 Å². The molecule has 1 aliphatic rings. The molecule has 0 bridgehead atoms. The number of benzene rings is 1. The molecule has 25 heavy (non-hydrogen) atoms. The Morgan fingerprint density at radius 3 is 2.72 bits per heavy atom. The van der Waals surface area contributed by atoms with Gasteiger partial charge in [-0.2, -0.15) is 18.3 Å². The van der Waals surface area contributed by atoms with Crippen molar-refractivity contribution in [2.24, 2.45) is 0 Å². The quantitative estimate of drug-likeness (QED) is 0.845. The number of amides is 1. The minimum Gasteiger partial charge on any atom is -0.471 e. The fraction of sp³-hybridized carbons (Fsp3) is 0.375. The minimum absolute atomic E-state index is 0.0754. The van der Waals surface area contributed by atoms with E-state index in [4.69, 9.17) is 9.47 Å². The van der Waals surface area contributed by atoms with Gasteiger partial charge in [-0.1, -0.05) is 6.07 Å². The van der Waals surface area contributed by atoms with Crippen molar-refractivity contribution in [2.45, 2.75) is 12.9 Å². The van der Waals surface area contributed by atoms with Crippen LogP contribution in [0.5, 0.6) is 5.75 Å². The molecule has 0 radical (unpaired) electrons. The molecule has 1 amide bonds. The molecule has 0 atom stereocenters. The van der Waals surface area contributed by atoms with Gasteiger partial charge >= 0.3 is 6.18 Å². The first-order valence-corrected chi connectivity index (χ1v) is 7.64. The Hall–Kier alpha value is -2.55. The van der Waals surface area contributed by atoms with E-state index in [1.54, 1.807) is 17.2 Å². The normalized spacial score (nSPS) is 15.2. The van der Waals surface area contributed by atoms with Gasteiger partial charge in [-0.25, -0.2) is 4.68 Å². The molecule has 0 aliphatic carbocycles. The lowest BCUT2D eigenvalue weighted by molar-refractivity contribution is -0.137. The molecule has 1 aromatic carbocycles. The molecule has 3 rings (SSSR count). The van der Waals surface area contributed by atoms with Crippen LogP contribution < -0.4 is 4.74 Å². The average molecular weight is 355 g/mol. The van der Waals surface area contributed by atoms with Crippen LogP contribution in [-0.4, -0.2) is 46.9 Å². The van der Waals surface area contributed by atoms with Gasteiger partial charge in [0.1, 0.15) is 5.75 Å². The highest BCUT2D eigenvalue weighted by Crippen LogP contribution is 2.31. The highest BCUT2D eigenvalue weighted by atomic mass is 19.4. The van der Waals surface area contributed by atoms with Crippen LogP contribution in [0.1, 0.15) is 16.1 Å². The largest absolute Gasteiger partial charge is 0.471 e. The lowest BCUT2D eigenvalue weighted by Gasteiger charge is -2.25. The number of alkyl halides is 3. The number of ether oxygens (including phenoxy) is 2. The van der Waals surface area contributed by atoms with Crippen LogP contribution in [0.3, 0.4) is 0 Å². The predicted molar refractivity (Wildman–Crippen MR) is 81.0 cm³/mol. The van der Waals surface area contributed by atoms with Gasteiger partial charge in [-0.3, -0.25) is 4.79 Å². The smallest absolute Gasteiger partial charge is 0.416 e. The summed E-state index contributed by atoms with van der Waals surface area (Å²) in [6.07, 6.45) is -2.88. The summed E-state index contributed by atoms with van der Waals surface area (Å²) in [6, 6.07) is 6.14. The van der Waals surface area contributed by atoms with Crippen molar-refractivity contribution in [2.75, 3.05) is 26.3 Å². The van der Waals surface area contributed by atoms with E-state index >= 15 is 0 Å². The lowest BCUT2D eigenvalue weighted by atomic mass is 10.2. The minimum atomic E-state index is -4.43. The van der Waals surface area contributed by atoms with Gasteiger partial charge in [0.15, 0.2) is 12.4 Å². The van der Waals surface area contributed by atoms with Crippen molar-refractivity contribution in [3.05, 3.63) is 47.8 Å². The Labute approximate surface area is 141 Å². The average Bonchev–Trinajstić information content (AvgIpc) is 3.08. The summed E-state index contributed by atoms with van der Waals surface area (Å²) in [5.41, 5.74) is -0.525. The van der Waals surface area contributed by atoms with Crippen molar-refractivity contribution >= 4 is 5.91 Å². The third-order valence-corrected chi connectivity index (χ3v) is 3.68. The number of hydrogen-bond donors (Lipinski definition) is 0. The van der Waals surface area contributed by atoms with E-state index < -0.39 is 11.7 Å². The molecule has 1 saturated heterocycles. The zero-order chi connectivity index (χ0) is 17.9. The van der Waals surface area contributed by atoms with E-state index in [1.807, 2.05) is 0 Å². The summed E-state index contributed by atoms with van der Waals surface area (Å²) in [7, 11) is 0. The second-order valence-corrected chi connectivity index (χ2v) is 5.44. The zero-order valence-electron chi connectivity index (χ0n) is 13.2. The second kappa shape index (κ2) is 7.14. The van der Waals surface area contributed by atoms with Crippen LogP contribution in [0.25, 0.3) is 0 Å². The third kappa shape index (κ3) is 4.30. The van der Waals surface area contributed by atoms with E-state index in [0.717, 1.165) is 12.1 Å². The van der Waals surface area contributed by atoms with E-state index in [9.17, 15) is 18.0 Å². The van der Waals surface area contributed by atoms with Gasteiger partial charge in [0.25, 0.3) is 5.91 Å². The molecule has 2 aromatic rings. The molecule has 0 unspecified atom stereocenters. The lowest BCUT2D eigenvalue weighted by Crippen LogP contribution is -2.40. The molecule has 2 heterocycles. The first kappa shape index (κ1) is 17.3. The molecule has 6 nitrogen and oxygen atoms in total. The summed E-state index contributed by atoms with van der Waals surface area (Å²) in [5, 5.41) is 4.11. The van der Waals surface area contributed by atoms with Crippen LogP contribution in [0, 0.1) is 0 Å². The molecular formula is C16H16F3N3O3. The predicted octanol–water partition coefficient (Wildman–Crippen LogP) is 2.41. The Bertz CT molecular complexity index is 739. The van der Waals surface area contributed by atoms with Crippen LogP contribution in [0.4, 0.5) is 13.2 Å². The molecule has 0 saturated carbocycles. The van der Waals surface area contributed by atoms with E-state index in [0.29, 0.717) is 26.3 Å². The van der Waals surface area contributed by atoms with E-state index in [1.165, 1.54) is 16.8 Å². The molecule has 1 aliphatic heterocycles. The number of carbonyl (C=O) groups excluding carboxylic acids is 1. The van der Waals surface area contributed by atoms with Crippen LogP contribution >= 0.6 is 0 Å². The Kier molecular flexibility index (Phi) is 4.93.